The lowest BCUT2D eigenvalue weighted by atomic mass is 10.1. The summed E-state index contributed by atoms with van der Waals surface area (Å²) in [6.45, 7) is 12.9. The number of nitrogens with one attached hydrogen (secondary N) is 5. The number of nitrogens with zero attached hydrogens (tertiary/aromatic N) is 2. The molecule has 0 aromatic carbocycles. The quantitative estimate of drug-likeness (QED) is 0.323. The molecule has 0 saturated carbocycles. The molecule has 0 spiro atoms. The number of fused-ring (bicyclic) bond motifs is 1. The van der Waals surface area contributed by atoms with E-state index in [-0.39, 0.29) is 18.0 Å². The minimum atomic E-state index is -0.297. The van der Waals surface area contributed by atoms with Crippen LogP contribution in [0.3, 0.4) is 0 Å². The fraction of sp³-hybridized carbons (Fsp3) is 0.762. The van der Waals surface area contributed by atoms with Crippen LogP contribution >= 0.6 is 11.6 Å². The second kappa shape index (κ2) is 13.1. The van der Waals surface area contributed by atoms with Gasteiger partial charge in [-0.25, -0.2) is 10.4 Å². The number of hydrogen-bond donors (Lipinski definition) is 5. The molecular weight excluding hydrogens is 418 g/mol. The average molecular weight is 458 g/mol. The summed E-state index contributed by atoms with van der Waals surface area (Å²) in [6, 6.07) is 0.407. The van der Waals surface area contributed by atoms with Crippen molar-refractivity contribution in [3.8, 4) is 0 Å². The van der Waals surface area contributed by atoms with E-state index in [0.29, 0.717) is 19.2 Å². The van der Waals surface area contributed by atoms with Gasteiger partial charge in [0.05, 0.1) is 18.8 Å². The topological polar surface area (TPSA) is 94.2 Å². The normalized spacial score (nSPS) is 29.5. The van der Waals surface area contributed by atoms with Crippen LogP contribution in [0.1, 0.15) is 47.5 Å². The maximum atomic E-state index is 6.36. The van der Waals surface area contributed by atoms with Gasteiger partial charge in [0.2, 0.25) is 0 Å². The molecule has 3 atom stereocenters. The predicted octanol–water partition coefficient (Wildman–Crippen LogP) is 1.76. The zero-order chi connectivity index (χ0) is 22.8. The SMILES string of the molecule is CC.CC.CNC1OCCN2NC(Cl)C3=C2NC(N=C3)N/C1=C(\C)NC1CCOCC1. The van der Waals surface area contributed by atoms with Crippen molar-refractivity contribution < 1.29 is 9.47 Å². The van der Waals surface area contributed by atoms with Crippen LogP contribution in [0, 0.1) is 0 Å². The molecule has 2 saturated heterocycles. The largest absolute Gasteiger partial charge is 0.384 e. The van der Waals surface area contributed by atoms with Crippen LogP contribution in [0.4, 0.5) is 0 Å². The maximum Gasteiger partial charge on any atom is 0.195 e. The Morgan fingerprint density at radius 2 is 1.87 bits per heavy atom. The molecule has 9 nitrogen and oxygen atoms in total. The fourth-order valence-corrected chi connectivity index (χ4v) is 4.01. The van der Waals surface area contributed by atoms with E-state index in [2.05, 4.69) is 38.6 Å². The van der Waals surface area contributed by atoms with Gasteiger partial charge in [-0.3, -0.25) is 10.3 Å². The van der Waals surface area contributed by atoms with Crippen LogP contribution in [-0.2, 0) is 9.47 Å². The third kappa shape index (κ3) is 6.49. The van der Waals surface area contributed by atoms with Crippen LogP contribution in [0.15, 0.2) is 27.8 Å². The summed E-state index contributed by atoms with van der Waals surface area (Å²) in [4.78, 5) is 4.58. The Balaban J connectivity index is 0.000000807. The zero-order valence-electron chi connectivity index (χ0n) is 19.7. The molecule has 0 aromatic rings. The number of alkyl halides is 1. The van der Waals surface area contributed by atoms with E-state index < -0.39 is 0 Å². The Kier molecular flexibility index (Phi) is 10.9. The van der Waals surface area contributed by atoms with Gasteiger partial charge >= 0.3 is 0 Å². The predicted molar refractivity (Wildman–Crippen MR) is 126 cm³/mol. The number of halogens is 1. The molecular formula is C21H40ClN7O2. The van der Waals surface area contributed by atoms with Crippen LogP contribution in [0.25, 0.3) is 0 Å². The van der Waals surface area contributed by atoms with E-state index in [1.165, 1.54) is 0 Å². The zero-order valence-corrected chi connectivity index (χ0v) is 20.5. The average Bonchev–Trinajstić information content (AvgIpc) is 3.14. The third-order valence-corrected chi connectivity index (χ3v) is 5.52. The summed E-state index contributed by atoms with van der Waals surface area (Å²) < 4.78 is 11.6. The van der Waals surface area contributed by atoms with Crippen molar-refractivity contribution in [2.75, 3.05) is 33.4 Å². The molecule has 0 radical (unpaired) electrons. The molecule has 178 valence electrons. The molecule has 4 rings (SSSR count). The standard InChI is InChI=1S/C17H28ClN7O2.2C2H6/c1-10(21-11-3-6-26-7-4-11)13-16(19-2)27-8-5-25-15-12(14(18)24-25)9-20-17(22-13)23-15;2*1-2/h9,11,14,16-17,19,21-24H,3-8H2,1-2H3;2*1-2H3/b13-10+;;. The number of hydrazine groups is 1. The molecule has 5 N–H and O–H groups in total. The highest BCUT2D eigenvalue weighted by Gasteiger charge is 2.34. The highest BCUT2D eigenvalue weighted by molar-refractivity contribution is 6.24. The van der Waals surface area contributed by atoms with Crippen LogP contribution in [0.2, 0.25) is 0 Å². The Hall–Kier alpha value is -1.52. The highest BCUT2D eigenvalue weighted by atomic mass is 35.5. The van der Waals surface area contributed by atoms with Gasteiger partial charge in [0, 0.05) is 36.7 Å². The number of likely N-dealkylation sites (N-methyl/N-ethyl adjacent to an activating group) is 1. The van der Waals surface area contributed by atoms with Crippen molar-refractivity contribution in [3.05, 3.63) is 22.8 Å². The summed E-state index contributed by atoms with van der Waals surface area (Å²) in [5.41, 5.74) is 5.89. The molecule has 0 amide bonds. The smallest absolute Gasteiger partial charge is 0.195 e. The lowest BCUT2D eigenvalue weighted by molar-refractivity contribution is 0.0307. The van der Waals surface area contributed by atoms with Crippen LogP contribution < -0.4 is 26.7 Å². The van der Waals surface area contributed by atoms with Gasteiger partial charge in [-0.05, 0) is 26.8 Å². The van der Waals surface area contributed by atoms with Gasteiger partial charge in [-0.15, -0.1) is 0 Å². The first-order valence-electron chi connectivity index (χ1n) is 11.5. The van der Waals surface area contributed by atoms with Crippen molar-refractivity contribution in [3.63, 3.8) is 0 Å². The molecule has 10 heteroatoms. The van der Waals surface area contributed by atoms with Gasteiger partial charge in [0.15, 0.2) is 6.29 Å². The van der Waals surface area contributed by atoms with Gasteiger partial charge < -0.3 is 25.4 Å². The number of aliphatic imine (C=N–C) groups is 1. The molecule has 0 aliphatic carbocycles. The first kappa shape index (κ1) is 25.7. The third-order valence-electron chi connectivity index (χ3n) is 5.18. The van der Waals surface area contributed by atoms with E-state index in [1.54, 1.807) is 0 Å². The van der Waals surface area contributed by atoms with Crippen LogP contribution in [-0.4, -0.2) is 68.7 Å². The van der Waals surface area contributed by atoms with E-state index in [9.17, 15) is 0 Å². The van der Waals surface area contributed by atoms with Crippen molar-refractivity contribution in [1.29, 1.82) is 0 Å². The highest BCUT2D eigenvalue weighted by Crippen LogP contribution is 2.24. The second-order valence-corrected chi connectivity index (χ2v) is 7.46. The molecule has 3 unspecified atom stereocenters. The van der Waals surface area contributed by atoms with Crippen molar-refractivity contribution in [2.24, 2.45) is 4.99 Å². The summed E-state index contributed by atoms with van der Waals surface area (Å²) in [6.07, 6.45) is 3.28. The van der Waals surface area contributed by atoms with E-state index in [0.717, 1.165) is 48.8 Å². The Morgan fingerprint density at radius 3 is 2.55 bits per heavy atom. The fourth-order valence-electron chi connectivity index (χ4n) is 3.73. The Morgan fingerprint density at radius 1 is 1.16 bits per heavy atom. The Bertz CT molecular complexity index is 650. The lowest BCUT2D eigenvalue weighted by Crippen LogP contribution is -2.53. The van der Waals surface area contributed by atoms with Crippen molar-refractivity contribution in [1.82, 2.24) is 31.7 Å². The molecule has 2 fully saturated rings. The van der Waals surface area contributed by atoms with E-state index >= 15 is 0 Å². The van der Waals surface area contributed by atoms with Gasteiger partial charge in [0.1, 0.15) is 17.5 Å². The summed E-state index contributed by atoms with van der Waals surface area (Å²) in [5, 5.41) is 15.8. The van der Waals surface area contributed by atoms with Crippen molar-refractivity contribution in [2.45, 2.75) is 71.5 Å². The summed E-state index contributed by atoms with van der Waals surface area (Å²) in [7, 11) is 1.89. The van der Waals surface area contributed by atoms with E-state index in [1.807, 2.05) is 46.0 Å². The molecule has 4 aliphatic rings. The molecule has 0 aromatic heterocycles. The van der Waals surface area contributed by atoms with E-state index in [4.69, 9.17) is 21.1 Å². The number of allylic oxidation sites excluding steroid dienone is 1. The second-order valence-electron chi connectivity index (χ2n) is 7.03. The van der Waals surface area contributed by atoms with Crippen LogP contribution in [0.5, 0.6) is 0 Å². The first-order valence-corrected chi connectivity index (χ1v) is 11.9. The minimum Gasteiger partial charge on any atom is -0.384 e. The number of hydrogen-bond acceptors (Lipinski definition) is 9. The minimum absolute atomic E-state index is 0.268. The van der Waals surface area contributed by atoms with Crippen molar-refractivity contribution >= 4 is 17.8 Å². The first-order chi connectivity index (χ1) is 15.2. The van der Waals surface area contributed by atoms with Gasteiger partial charge in [0.25, 0.3) is 0 Å². The maximum absolute atomic E-state index is 6.36. The summed E-state index contributed by atoms with van der Waals surface area (Å²) >= 11 is 6.36. The number of rotatable bonds is 3. The molecule has 4 aliphatic heterocycles. The molecule has 31 heavy (non-hydrogen) atoms. The molecule has 2 bridgehead atoms. The summed E-state index contributed by atoms with van der Waals surface area (Å²) in [5.74, 6) is 0.948. The number of ether oxygens (including phenoxy) is 2. The Labute approximate surface area is 192 Å². The van der Waals surface area contributed by atoms with Gasteiger partial charge in [-0.2, -0.15) is 0 Å². The van der Waals surface area contributed by atoms with Gasteiger partial charge in [-0.1, -0.05) is 39.3 Å². The molecule has 4 heterocycles. The lowest BCUT2D eigenvalue weighted by Gasteiger charge is -2.34. The monoisotopic (exact) mass is 457 g/mol.